The van der Waals surface area contributed by atoms with Crippen molar-refractivity contribution in [3.05, 3.63) is 60.9 Å². The average molecular weight is 871 g/mol. The van der Waals surface area contributed by atoms with E-state index < -0.39 is 60.0 Å². The van der Waals surface area contributed by atoms with Gasteiger partial charge in [-0.2, -0.15) is 5.26 Å². The number of nitro groups is 2. The smallest absolute Gasteiger partial charge is 0.321 e. The quantitative estimate of drug-likeness (QED) is 0.118. The zero-order valence-electron chi connectivity index (χ0n) is 37.3. The molecule has 5 fully saturated rings. The minimum atomic E-state index is -0.835. The maximum Gasteiger partial charge on any atom is 0.321 e. The summed E-state index contributed by atoms with van der Waals surface area (Å²) in [5.41, 5.74) is -3.39. The number of nitro benzene ring substituents is 2. The molecule has 1 amide bonds. The highest BCUT2D eigenvalue weighted by Gasteiger charge is 2.71. The monoisotopic (exact) mass is 870 g/mol. The van der Waals surface area contributed by atoms with Crippen LogP contribution in [0.4, 0.5) is 17.1 Å². The second-order valence-corrected chi connectivity index (χ2v) is 21.0. The Balaban J connectivity index is 1.08. The predicted molar refractivity (Wildman–Crippen MR) is 227 cm³/mol. The highest BCUT2D eigenvalue weighted by Crippen LogP contribution is 2.74. The van der Waals surface area contributed by atoms with E-state index in [1.54, 1.807) is 4.90 Å². The summed E-state index contributed by atoms with van der Waals surface area (Å²) in [6.45, 7) is 16.7. The van der Waals surface area contributed by atoms with Crippen molar-refractivity contribution < 1.29 is 38.8 Å². The van der Waals surface area contributed by atoms with Crippen molar-refractivity contribution in [1.29, 1.82) is 5.26 Å². The van der Waals surface area contributed by atoms with Crippen molar-refractivity contribution in [1.82, 2.24) is 9.91 Å². The van der Waals surface area contributed by atoms with Crippen LogP contribution in [0.1, 0.15) is 93.4 Å². The van der Waals surface area contributed by atoms with E-state index >= 15 is 9.59 Å². The molecule has 2 heterocycles. The first-order valence-corrected chi connectivity index (χ1v) is 22.2. The van der Waals surface area contributed by atoms with Crippen LogP contribution >= 0.6 is 0 Å². The number of ether oxygens (including phenoxy) is 1. The van der Waals surface area contributed by atoms with E-state index in [-0.39, 0.29) is 103 Å². The Morgan fingerprint density at radius 2 is 1.54 bits per heavy atom. The number of benzene rings is 1. The Kier molecular flexibility index (Phi) is 10.6. The van der Waals surface area contributed by atoms with Crippen LogP contribution in [0.15, 0.2) is 40.7 Å². The molecule has 0 unspecified atom stereocenters. The summed E-state index contributed by atoms with van der Waals surface area (Å²) in [7, 11) is 0. The van der Waals surface area contributed by atoms with E-state index in [1.165, 1.54) is 5.01 Å². The number of rotatable bonds is 7. The molecule has 8 rings (SSSR count). The number of fused-ring (bicyclic) bond motifs is 7. The maximum atomic E-state index is 15.3. The van der Waals surface area contributed by atoms with Gasteiger partial charge < -0.3 is 19.7 Å². The van der Waals surface area contributed by atoms with Crippen molar-refractivity contribution >= 4 is 34.5 Å². The van der Waals surface area contributed by atoms with E-state index in [0.29, 0.717) is 25.7 Å². The average Bonchev–Trinajstić information content (AvgIpc) is 3.24. The lowest BCUT2D eigenvalue weighted by Crippen LogP contribution is -2.67. The summed E-state index contributed by atoms with van der Waals surface area (Å²) < 4.78 is 5.25. The number of hydrazine groups is 1. The molecular weight excluding hydrogens is 813 g/mol. The topological polar surface area (TPSA) is 228 Å². The normalized spacial score (nSPS) is 34.9. The van der Waals surface area contributed by atoms with E-state index in [0.717, 1.165) is 37.0 Å². The molecular formula is C45H58N8O10. The van der Waals surface area contributed by atoms with Gasteiger partial charge in [-0.05, 0) is 79.1 Å². The number of nitrogens with zero attached hydrogens (tertiary/aromatic N) is 8. The summed E-state index contributed by atoms with van der Waals surface area (Å²) in [6, 6.07) is 4.12. The number of nitriles is 1. The minimum absolute atomic E-state index is 0.0121. The molecule has 0 radical (unpaired) electrons. The molecule has 5 aliphatic carbocycles. The fraction of sp³-hybridized carbons (Fsp3) is 0.689. The number of carbonyl (C=O) groups is 3. The van der Waals surface area contributed by atoms with Crippen LogP contribution in [0.5, 0.6) is 5.75 Å². The van der Waals surface area contributed by atoms with Crippen molar-refractivity contribution in [2.75, 3.05) is 57.4 Å². The lowest BCUT2D eigenvalue weighted by molar-refractivity contribution is -0.710. The van der Waals surface area contributed by atoms with Gasteiger partial charge in [0.15, 0.2) is 11.6 Å². The Labute approximate surface area is 366 Å². The van der Waals surface area contributed by atoms with E-state index in [9.17, 15) is 35.5 Å². The summed E-state index contributed by atoms with van der Waals surface area (Å²) in [6.07, 6.45) is 8.60. The minimum Gasteiger partial charge on any atom is -0.569 e. The molecule has 0 bridgehead atoms. The number of Topliss-reactive ketones (excluding diaryl/α,β-unsaturated/α-hetero) is 1. The molecule has 7 atom stereocenters. The number of carbonyl (C=O) groups excluding carboxylic acids is 3. The molecule has 1 aromatic rings. The molecule has 1 aromatic carbocycles. The summed E-state index contributed by atoms with van der Waals surface area (Å²) in [5.74, 6) is -1.35. The predicted octanol–water partition coefficient (Wildman–Crippen LogP) is 6.87. The van der Waals surface area contributed by atoms with Crippen molar-refractivity contribution in [3.8, 4) is 11.8 Å². The van der Waals surface area contributed by atoms with Crippen LogP contribution in [-0.2, 0) is 19.1 Å². The lowest BCUT2D eigenvalue weighted by atomic mass is 9.34. The molecule has 0 N–H and O–H groups in total. The number of amides is 1. The first kappa shape index (κ1) is 44.2. The van der Waals surface area contributed by atoms with Gasteiger partial charge in [-0.1, -0.05) is 60.1 Å². The fourth-order valence-corrected chi connectivity index (χ4v) is 13.5. The standard InChI is InChI=1S/C45H58N8O10/c1-40(2)10-12-45(13-11-44(7)37(29(45)26-40)33(54)24-36-42(5)25-28(27-46)38(55)41(3,4)35(42)8-9-43(36,44)6)39(56)49-16-14-48(15-17-49)30-23-34(32(52(59)60)22-31(30)51(57)58)63-47-53(61)50-18-20-62-21-19-50/h22-25,29,35,37H,8-21,26H2,1-7H3/b53-47-/t29-,35-,37-,42-,43+,44+,45-/m0/s1. The van der Waals surface area contributed by atoms with Crippen LogP contribution in [0, 0.1) is 87.0 Å². The molecule has 0 aromatic heterocycles. The van der Waals surface area contributed by atoms with Crippen molar-refractivity contribution in [2.24, 2.45) is 55.5 Å². The molecule has 18 heteroatoms. The molecule has 63 heavy (non-hydrogen) atoms. The highest BCUT2D eigenvalue weighted by molar-refractivity contribution is 6.04. The Bertz CT molecular complexity index is 2300. The number of morpholine rings is 1. The van der Waals surface area contributed by atoms with Gasteiger partial charge in [-0.3, -0.25) is 39.4 Å². The second-order valence-electron chi connectivity index (χ2n) is 21.0. The third kappa shape index (κ3) is 6.70. The lowest BCUT2D eigenvalue weighted by Gasteiger charge is -2.69. The van der Waals surface area contributed by atoms with Gasteiger partial charge in [-0.25, -0.2) is 0 Å². The molecule has 3 saturated carbocycles. The zero-order chi connectivity index (χ0) is 45.7. The molecule has 2 saturated heterocycles. The van der Waals surface area contributed by atoms with Gasteiger partial charge in [0.1, 0.15) is 30.9 Å². The second kappa shape index (κ2) is 15.1. The number of hydrogen-bond acceptors (Lipinski definition) is 13. The van der Waals surface area contributed by atoms with Gasteiger partial charge >= 0.3 is 5.69 Å². The first-order chi connectivity index (χ1) is 29.5. The van der Waals surface area contributed by atoms with Gasteiger partial charge in [0.2, 0.25) is 16.9 Å². The van der Waals surface area contributed by atoms with Crippen LogP contribution in [0.3, 0.4) is 0 Å². The molecule has 7 aliphatic rings. The van der Waals surface area contributed by atoms with Gasteiger partial charge in [-0.15, -0.1) is 5.01 Å². The van der Waals surface area contributed by atoms with Gasteiger partial charge in [0, 0.05) is 49.0 Å². The third-order valence-electron chi connectivity index (χ3n) is 17.1. The number of piperazine rings is 1. The first-order valence-electron chi connectivity index (χ1n) is 22.2. The zero-order valence-corrected chi connectivity index (χ0v) is 37.3. The Morgan fingerprint density at radius 1 is 0.889 bits per heavy atom. The fourth-order valence-electron chi connectivity index (χ4n) is 13.5. The van der Waals surface area contributed by atoms with E-state index in [2.05, 4.69) is 46.0 Å². The van der Waals surface area contributed by atoms with Crippen LogP contribution in [-0.4, -0.2) is 94.7 Å². The molecule has 338 valence electrons. The van der Waals surface area contributed by atoms with Crippen LogP contribution < -0.4 is 9.74 Å². The van der Waals surface area contributed by atoms with Crippen molar-refractivity contribution in [3.63, 3.8) is 0 Å². The summed E-state index contributed by atoms with van der Waals surface area (Å²) >= 11 is 0. The van der Waals surface area contributed by atoms with E-state index in [4.69, 9.17) is 9.57 Å². The summed E-state index contributed by atoms with van der Waals surface area (Å²) in [5, 5.41) is 51.9. The largest absolute Gasteiger partial charge is 0.569 e. The highest BCUT2D eigenvalue weighted by atomic mass is 16.7. The number of allylic oxidation sites excluding steroid dienone is 4. The SMILES string of the molecule is CC1(C)CC[C@]2(C(=O)N3CCN(c4cc(O/N=[N+](\[O-])N5CCOCC5)c([N+](=O)[O-])cc4[N+](=O)[O-])CC3)CC[C@]3(C)[C@H](C(=O)C=C4[C@@]5(C)C=C(C#N)C(=O)C(C)(C)[C@@H]5CC[C@]43C)[C@@H]2C1. The number of hydrogen-bond donors (Lipinski definition) is 0. The summed E-state index contributed by atoms with van der Waals surface area (Å²) in [4.78, 5) is 75.7. The van der Waals surface area contributed by atoms with E-state index in [1.807, 2.05) is 30.9 Å². The molecule has 18 nitrogen and oxygen atoms in total. The van der Waals surface area contributed by atoms with Crippen LogP contribution in [0.2, 0.25) is 0 Å². The van der Waals surface area contributed by atoms with Gasteiger partial charge in [0.05, 0.1) is 39.0 Å². The van der Waals surface area contributed by atoms with Gasteiger partial charge in [0.25, 0.3) is 5.69 Å². The van der Waals surface area contributed by atoms with Crippen molar-refractivity contribution in [2.45, 2.75) is 93.4 Å². The Morgan fingerprint density at radius 3 is 2.17 bits per heavy atom. The number of ketones is 2. The number of anilines is 1. The molecule has 0 spiro atoms. The Hall–Kier alpha value is -5.44. The maximum absolute atomic E-state index is 15.3. The van der Waals surface area contributed by atoms with Crippen LogP contribution in [0.25, 0.3) is 0 Å². The third-order valence-corrected chi connectivity index (χ3v) is 17.1. The molecule has 2 aliphatic heterocycles.